The smallest absolute Gasteiger partial charge is 0.275 e. The topological polar surface area (TPSA) is 76.4 Å². The Hall–Kier alpha value is -1.82. The number of nitrogens with one attached hydrogen (secondary N) is 2. The number of piperidine rings is 1. The van der Waals surface area contributed by atoms with Crippen LogP contribution in [0.5, 0.6) is 5.75 Å². The minimum absolute atomic E-state index is 0.0377. The number of nitro benzene ring substituents is 1. The number of benzene rings is 1. The van der Waals surface area contributed by atoms with Crippen LogP contribution in [0.1, 0.15) is 26.7 Å². The Labute approximate surface area is 118 Å². The molecule has 20 heavy (non-hydrogen) atoms. The fourth-order valence-corrected chi connectivity index (χ4v) is 2.46. The maximum absolute atomic E-state index is 11.0. The van der Waals surface area contributed by atoms with Gasteiger partial charge in [0, 0.05) is 23.4 Å². The molecule has 1 heterocycles. The molecule has 1 aromatic rings. The van der Waals surface area contributed by atoms with Gasteiger partial charge in [-0.1, -0.05) is 0 Å². The maximum atomic E-state index is 11.0. The van der Waals surface area contributed by atoms with E-state index in [1.54, 1.807) is 6.07 Å². The van der Waals surface area contributed by atoms with E-state index in [4.69, 9.17) is 4.74 Å². The van der Waals surface area contributed by atoms with Crippen molar-refractivity contribution >= 4 is 11.4 Å². The summed E-state index contributed by atoms with van der Waals surface area (Å²) in [5.41, 5.74) is 0.757. The Morgan fingerprint density at radius 2 is 2.10 bits per heavy atom. The van der Waals surface area contributed by atoms with Gasteiger partial charge in [0.1, 0.15) is 5.75 Å². The second kappa shape index (κ2) is 6.09. The quantitative estimate of drug-likeness (QED) is 0.640. The number of ether oxygens (including phenoxy) is 1. The fraction of sp³-hybridized carbons (Fsp3) is 0.571. The summed E-state index contributed by atoms with van der Waals surface area (Å²) in [6.07, 6.45) is 1.97. The number of nitro groups is 1. The normalized spacial score (nSPS) is 17.5. The lowest BCUT2D eigenvalue weighted by Crippen LogP contribution is -2.45. The molecule has 0 amide bonds. The van der Waals surface area contributed by atoms with E-state index in [2.05, 4.69) is 17.6 Å². The van der Waals surface area contributed by atoms with Gasteiger partial charge in [-0.05, 0) is 39.8 Å². The summed E-state index contributed by atoms with van der Waals surface area (Å²) in [4.78, 5) is 10.6. The summed E-state index contributed by atoms with van der Waals surface area (Å²) in [5.74, 6) is 0.529. The molecule has 0 spiro atoms. The molecule has 1 fully saturated rings. The molecule has 0 aromatic heterocycles. The molecule has 0 saturated carbocycles. The number of non-ortho nitro benzene ring substituents is 1. The van der Waals surface area contributed by atoms with Gasteiger partial charge >= 0.3 is 0 Å². The predicted molar refractivity (Wildman–Crippen MR) is 78.4 cm³/mol. The molecule has 0 aliphatic carbocycles. The average Bonchev–Trinajstić information content (AvgIpc) is 2.39. The lowest BCUT2D eigenvalue weighted by atomic mass is 9.90. The SMILES string of the molecule is CCOc1cc(NC2(C)CCNCC2)cc([N+](=O)[O-])c1. The molecular weight excluding hydrogens is 258 g/mol. The minimum atomic E-state index is -0.390. The Balaban J connectivity index is 2.23. The van der Waals surface area contributed by atoms with Gasteiger partial charge in [-0.25, -0.2) is 0 Å². The van der Waals surface area contributed by atoms with E-state index in [9.17, 15) is 10.1 Å². The van der Waals surface area contributed by atoms with E-state index in [1.807, 2.05) is 13.0 Å². The first-order chi connectivity index (χ1) is 9.52. The van der Waals surface area contributed by atoms with E-state index < -0.39 is 4.92 Å². The Kier molecular flexibility index (Phi) is 4.44. The van der Waals surface area contributed by atoms with Crippen LogP contribution in [0.4, 0.5) is 11.4 Å². The third-order valence-electron chi connectivity index (χ3n) is 3.57. The third kappa shape index (κ3) is 3.60. The van der Waals surface area contributed by atoms with Gasteiger partial charge in [-0.2, -0.15) is 0 Å². The highest BCUT2D eigenvalue weighted by molar-refractivity contribution is 5.57. The molecule has 1 aliphatic heterocycles. The molecule has 0 unspecified atom stereocenters. The molecular formula is C14H21N3O3. The molecule has 2 N–H and O–H groups in total. The van der Waals surface area contributed by atoms with Gasteiger partial charge in [0.15, 0.2) is 0 Å². The van der Waals surface area contributed by atoms with Crippen LogP contribution in [0.15, 0.2) is 18.2 Å². The molecule has 0 radical (unpaired) electrons. The van der Waals surface area contributed by atoms with Crippen LogP contribution < -0.4 is 15.4 Å². The monoisotopic (exact) mass is 279 g/mol. The van der Waals surface area contributed by atoms with Crippen LogP contribution >= 0.6 is 0 Å². The third-order valence-corrected chi connectivity index (χ3v) is 3.57. The number of hydrogen-bond acceptors (Lipinski definition) is 5. The summed E-state index contributed by atoms with van der Waals surface area (Å²) in [5, 5.41) is 17.7. The van der Waals surface area contributed by atoms with Crippen LogP contribution in [0.2, 0.25) is 0 Å². The Morgan fingerprint density at radius 1 is 1.40 bits per heavy atom. The van der Waals surface area contributed by atoms with Crippen LogP contribution in [0.25, 0.3) is 0 Å². The second-order valence-corrected chi connectivity index (χ2v) is 5.34. The molecule has 6 nitrogen and oxygen atoms in total. The highest BCUT2D eigenvalue weighted by atomic mass is 16.6. The largest absolute Gasteiger partial charge is 0.494 e. The summed E-state index contributed by atoms with van der Waals surface area (Å²) < 4.78 is 5.40. The predicted octanol–water partition coefficient (Wildman–Crippen LogP) is 2.55. The van der Waals surface area contributed by atoms with Crippen molar-refractivity contribution in [3.8, 4) is 5.75 Å². The van der Waals surface area contributed by atoms with Crippen molar-refractivity contribution in [2.75, 3.05) is 25.0 Å². The van der Waals surface area contributed by atoms with E-state index in [0.29, 0.717) is 12.4 Å². The number of hydrogen-bond donors (Lipinski definition) is 2. The molecule has 110 valence electrons. The maximum Gasteiger partial charge on any atom is 0.275 e. The van der Waals surface area contributed by atoms with Crippen LogP contribution in [-0.2, 0) is 0 Å². The van der Waals surface area contributed by atoms with Crippen LogP contribution in [-0.4, -0.2) is 30.2 Å². The lowest BCUT2D eigenvalue weighted by molar-refractivity contribution is -0.384. The zero-order chi connectivity index (χ0) is 14.6. The van der Waals surface area contributed by atoms with Gasteiger partial charge in [-0.15, -0.1) is 0 Å². The lowest BCUT2D eigenvalue weighted by Gasteiger charge is -2.36. The first-order valence-electron chi connectivity index (χ1n) is 6.93. The molecule has 2 rings (SSSR count). The van der Waals surface area contributed by atoms with Crippen molar-refractivity contribution in [3.63, 3.8) is 0 Å². The summed E-state index contributed by atoms with van der Waals surface area (Å²) in [6.45, 7) is 6.41. The van der Waals surface area contributed by atoms with Crippen molar-refractivity contribution in [1.29, 1.82) is 0 Å². The highest BCUT2D eigenvalue weighted by Gasteiger charge is 2.27. The number of anilines is 1. The molecule has 6 heteroatoms. The van der Waals surface area contributed by atoms with Gasteiger partial charge in [0.2, 0.25) is 0 Å². The van der Waals surface area contributed by atoms with Crippen molar-refractivity contribution < 1.29 is 9.66 Å². The Morgan fingerprint density at radius 3 is 2.70 bits per heavy atom. The van der Waals surface area contributed by atoms with Crippen molar-refractivity contribution in [2.24, 2.45) is 0 Å². The minimum Gasteiger partial charge on any atom is -0.494 e. The van der Waals surface area contributed by atoms with Crippen molar-refractivity contribution in [1.82, 2.24) is 5.32 Å². The second-order valence-electron chi connectivity index (χ2n) is 5.34. The summed E-state index contributed by atoms with van der Waals surface area (Å²) >= 11 is 0. The number of nitrogens with zero attached hydrogens (tertiary/aromatic N) is 1. The van der Waals surface area contributed by atoms with Crippen molar-refractivity contribution in [3.05, 3.63) is 28.3 Å². The summed E-state index contributed by atoms with van der Waals surface area (Å²) in [7, 11) is 0. The molecule has 0 atom stereocenters. The first-order valence-corrected chi connectivity index (χ1v) is 6.93. The van der Waals surface area contributed by atoms with Gasteiger partial charge in [0.05, 0.1) is 17.6 Å². The van der Waals surface area contributed by atoms with Gasteiger partial charge < -0.3 is 15.4 Å². The van der Waals surface area contributed by atoms with E-state index in [-0.39, 0.29) is 11.2 Å². The summed E-state index contributed by atoms with van der Waals surface area (Å²) in [6, 6.07) is 4.85. The molecule has 0 bridgehead atoms. The van der Waals surface area contributed by atoms with E-state index in [1.165, 1.54) is 6.07 Å². The van der Waals surface area contributed by atoms with Crippen LogP contribution in [0, 0.1) is 10.1 Å². The molecule has 1 saturated heterocycles. The number of rotatable bonds is 5. The zero-order valence-corrected chi connectivity index (χ0v) is 11.9. The zero-order valence-electron chi connectivity index (χ0n) is 11.9. The highest BCUT2D eigenvalue weighted by Crippen LogP contribution is 2.30. The molecule has 1 aliphatic rings. The first kappa shape index (κ1) is 14.6. The van der Waals surface area contributed by atoms with Crippen LogP contribution in [0.3, 0.4) is 0 Å². The fourth-order valence-electron chi connectivity index (χ4n) is 2.46. The molecule has 1 aromatic carbocycles. The Bertz CT molecular complexity index is 485. The average molecular weight is 279 g/mol. The van der Waals surface area contributed by atoms with Crippen molar-refractivity contribution in [2.45, 2.75) is 32.2 Å². The standard InChI is InChI=1S/C14H21N3O3/c1-3-20-13-9-11(8-12(10-13)17(18)19)16-14(2)4-6-15-7-5-14/h8-10,15-16H,3-7H2,1-2H3. The van der Waals surface area contributed by atoms with Gasteiger partial charge in [0.25, 0.3) is 5.69 Å². The van der Waals surface area contributed by atoms with Gasteiger partial charge in [-0.3, -0.25) is 10.1 Å². The van der Waals surface area contributed by atoms with E-state index in [0.717, 1.165) is 31.6 Å². The van der Waals surface area contributed by atoms with E-state index >= 15 is 0 Å².